The van der Waals surface area contributed by atoms with Gasteiger partial charge in [-0.15, -0.1) is 0 Å². The molecule has 0 aromatic heterocycles. The number of nitrogens with one attached hydrogen (secondary N) is 1. The van der Waals surface area contributed by atoms with Gasteiger partial charge in [0.1, 0.15) is 0 Å². The highest BCUT2D eigenvalue weighted by molar-refractivity contribution is 7.98. The molecule has 0 amide bonds. The van der Waals surface area contributed by atoms with Crippen LogP contribution in [-0.4, -0.2) is 44.9 Å². The number of anilines is 1. The highest BCUT2D eigenvalue weighted by Crippen LogP contribution is 2.26. The molecule has 0 fully saturated rings. The number of rotatable bonds is 7. The van der Waals surface area contributed by atoms with Crippen LogP contribution in [0.2, 0.25) is 0 Å². The smallest absolute Gasteiger partial charge is 0.243 e. The van der Waals surface area contributed by atoms with Crippen LogP contribution in [0.25, 0.3) is 0 Å². The standard InChI is InChI=1S/C14H24N2O2S2/c1-6-15-13-9-11(2)14(12(3)10-13)20(17,18)16(4)7-8-19-5/h9-10,15H,6-8H2,1-5H3. The number of thioether (sulfide) groups is 1. The molecule has 0 spiro atoms. The summed E-state index contributed by atoms with van der Waals surface area (Å²) in [6.07, 6.45) is 1.97. The zero-order valence-electron chi connectivity index (χ0n) is 12.9. The molecule has 0 bridgehead atoms. The monoisotopic (exact) mass is 316 g/mol. The van der Waals surface area contributed by atoms with Gasteiger partial charge in [-0.05, 0) is 50.3 Å². The minimum Gasteiger partial charge on any atom is -0.385 e. The fourth-order valence-corrected chi connectivity index (χ4v) is 4.31. The minimum absolute atomic E-state index is 0.433. The molecule has 4 nitrogen and oxygen atoms in total. The lowest BCUT2D eigenvalue weighted by Crippen LogP contribution is -2.30. The lowest BCUT2D eigenvalue weighted by Gasteiger charge is -2.20. The van der Waals surface area contributed by atoms with Crippen molar-refractivity contribution in [1.29, 1.82) is 0 Å². The van der Waals surface area contributed by atoms with Crippen LogP contribution in [0, 0.1) is 13.8 Å². The number of aryl methyl sites for hydroxylation is 2. The Balaban J connectivity index is 3.18. The van der Waals surface area contributed by atoms with Crippen LogP contribution in [0.15, 0.2) is 17.0 Å². The van der Waals surface area contributed by atoms with Gasteiger partial charge in [-0.2, -0.15) is 11.8 Å². The second kappa shape index (κ2) is 7.33. The van der Waals surface area contributed by atoms with E-state index in [4.69, 9.17) is 0 Å². The van der Waals surface area contributed by atoms with Gasteiger partial charge in [0.2, 0.25) is 10.0 Å². The maximum atomic E-state index is 12.6. The van der Waals surface area contributed by atoms with Crippen molar-refractivity contribution in [3.63, 3.8) is 0 Å². The average Bonchev–Trinajstić information content (AvgIpc) is 2.34. The van der Waals surface area contributed by atoms with E-state index >= 15 is 0 Å². The van der Waals surface area contributed by atoms with E-state index in [0.717, 1.165) is 29.1 Å². The predicted molar refractivity (Wildman–Crippen MR) is 88.3 cm³/mol. The first-order chi connectivity index (χ1) is 9.34. The first-order valence-corrected chi connectivity index (χ1v) is 9.48. The zero-order chi connectivity index (χ0) is 15.3. The van der Waals surface area contributed by atoms with Gasteiger partial charge >= 0.3 is 0 Å². The van der Waals surface area contributed by atoms with Crippen LogP contribution in [0.1, 0.15) is 18.1 Å². The summed E-state index contributed by atoms with van der Waals surface area (Å²) in [5.74, 6) is 0.795. The Bertz CT molecular complexity index is 533. The maximum Gasteiger partial charge on any atom is 0.243 e. The number of nitrogens with zero attached hydrogens (tertiary/aromatic N) is 1. The molecule has 1 aromatic rings. The van der Waals surface area contributed by atoms with Gasteiger partial charge in [-0.25, -0.2) is 12.7 Å². The van der Waals surface area contributed by atoms with Gasteiger partial charge < -0.3 is 5.32 Å². The first-order valence-electron chi connectivity index (χ1n) is 6.65. The van der Waals surface area contributed by atoms with E-state index in [1.165, 1.54) is 4.31 Å². The van der Waals surface area contributed by atoms with Crippen molar-refractivity contribution in [2.75, 3.05) is 37.5 Å². The van der Waals surface area contributed by atoms with E-state index in [0.29, 0.717) is 11.4 Å². The Morgan fingerprint density at radius 2 is 1.80 bits per heavy atom. The molecule has 114 valence electrons. The van der Waals surface area contributed by atoms with Crippen LogP contribution in [0.5, 0.6) is 0 Å². The summed E-state index contributed by atoms with van der Waals surface area (Å²) >= 11 is 1.64. The van der Waals surface area contributed by atoms with Gasteiger partial charge in [0.05, 0.1) is 4.90 Å². The highest BCUT2D eigenvalue weighted by Gasteiger charge is 2.24. The molecule has 0 saturated carbocycles. The van der Waals surface area contributed by atoms with Crippen molar-refractivity contribution >= 4 is 27.5 Å². The topological polar surface area (TPSA) is 49.4 Å². The molecule has 1 N–H and O–H groups in total. The molecule has 0 radical (unpaired) electrons. The van der Waals surface area contributed by atoms with Crippen molar-refractivity contribution in [3.8, 4) is 0 Å². The van der Waals surface area contributed by atoms with Gasteiger partial charge in [0.25, 0.3) is 0 Å². The maximum absolute atomic E-state index is 12.6. The molecule has 1 aromatic carbocycles. The second-order valence-corrected chi connectivity index (χ2v) is 7.76. The van der Waals surface area contributed by atoms with Gasteiger partial charge in [0.15, 0.2) is 0 Å². The van der Waals surface area contributed by atoms with Crippen LogP contribution >= 0.6 is 11.8 Å². The molecular formula is C14H24N2O2S2. The van der Waals surface area contributed by atoms with E-state index in [2.05, 4.69) is 5.32 Å². The Morgan fingerprint density at radius 3 is 2.25 bits per heavy atom. The quantitative estimate of drug-likeness (QED) is 0.840. The molecule has 0 atom stereocenters. The second-order valence-electron chi connectivity index (χ2n) is 4.79. The molecule has 6 heteroatoms. The molecule has 20 heavy (non-hydrogen) atoms. The number of sulfonamides is 1. The lowest BCUT2D eigenvalue weighted by atomic mass is 10.1. The average molecular weight is 316 g/mol. The minimum atomic E-state index is -3.41. The summed E-state index contributed by atoms with van der Waals surface area (Å²) in [7, 11) is -1.77. The summed E-state index contributed by atoms with van der Waals surface area (Å²) in [4.78, 5) is 0.433. The Labute approximate surface area is 127 Å². The molecule has 0 aliphatic heterocycles. The molecule has 0 heterocycles. The molecule has 0 saturated heterocycles. The van der Waals surface area contributed by atoms with E-state index < -0.39 is 10.0 Å². The fourth-order valence-electron chi connectivity index (χ4n) is 2.16. The third-order valence-corrected chi connectivity index (χ3v) is 5.87. The number of benzene rings is 1. The van der Waals surface area contributed by atoms with Crippen LogP contribution in [-0.2, 0) is 10.0 Å². The van der Waals surface area contributed by atoms with Crippen molar-refractivity contribution < 1.29 is 8.42 Å². The normalized spacial score (nSPS) is 11.9. The lowest BCUT2D eigenvalue weighted by molar-refractivity contribution is 0.487. The number of hydrogen-bond donors (Lipinski definition) is 1. The third kappa shape index (κ3) is 3.90. The van der Waals surface area contributed by atoms with Crippen LogP contribution in [0.4, 0.5) is 5.69 Å². The SMILES string of the molecule is CCNc1cc(C)c(S(=O)(=O)N(C)CCSC)c(C)c1. The molecule has 0 aliphatic carbocycles. The van der Waals surface area contributed by atoms with Gasteiger partial charge in [-0.3, -0.25) is 0 Å². The summed E-state index contributed by atoms with van der Waals surface area (Å²) < 4.78 is 26.7. The third-order valence-electron chi connectivity index (χ3n) is 3.12. The fraction of sp³-hybridized carbons (Fsp3) is 0.571. The summed E-state index contributed by atoms with van der Waals surface area (Å²) in [6, 6.07) is 3.79. The van der Waals surface area contributed by atoms with Crippen molar-refractivity contribution in [2.24, 2.45) is 0 Å². The van der Waals surface area contributed by atoms with E-state index in [-0.39, 0.29) is 0 Å². The van der Waals surface area contributed by atoms with E-state index in [9.17, 15) is 8.42 Å². The largest absolute Gasteiger partial charge is 0.385 e. The first kappa shape index (κ1) is 17.3. The summed E-state index contributed by atoms with van der Waals surface area (Å²) in [5.41, 5.74) is 2.54. The summed E-state index contributed by atoms with van der Waals surface area (Å²) in [5, 5.41) is 3.22. The Morgan fingerprint density at radius 1 is 1.25 bits per heavy atom. The zero-order valence-corrected chi connectivity index (χ0v) is 14.5. The van der Waals surface area contributed by atoms with Crippen LogP contribution in [0.3, 0.4) is 0 Å². The molecule has 1 rings (SSSR count). The highest BCUT2D eigenvalue weighted by atomic mass is 32.2. The van der Waals surface area contributed by atoms with Gasteiger partial charge in [0, 0.05) is 31.6 Å². The molecule has 0 aliphatic rings. The van der Waals surface area contributed by atoms with E-state index in [1.54, 1.807) is 18.8 Å². The van der Waals surface area contributed by atoms with Crippen molar-refractivity contribution in [1.82, 2.24) is 4.31 Å². The number of hydrogen-bond acceptors (Lipinski definition) is 4. The van der Waals surface area contributed by atoms with Crippen LogP contribution < -0.4 is 5.32 Å². The van der Waals surface area contributed by atoms with Crippen molar-refractivity contribution in [2.45, 2.75) is 25.7 Å². The Kier molecular flexibility index (Phi) is 6.36. The molecular weight excluding hydrogens is 292 g/mol. The predicted octanol–water partition coefficient (Wildman–Crippen LogP) is 2.72. The Hall–Kier alpha value is -0.720. The molecule has 0 unspecified atom stereocenters. The summed E-state index contributed by atoms with van der Waals surface area (Å²) in [6.45, 7) is 7.06. The van der Waals surface area contributed by atoms with E-state index in [1.807, 2.05) is 39.2 Å². The van der Waals surface area contributed by atoms with Crippen molar-refractivity contribution in [3.05, 3.63) is 23.3 Å². The van der Waals surface area contributed by atoms with Gasteiger partial charge in [-0.1, -0.05) is 0 Å².